The summed E-state index contributed by atoms with van der Waals surface area (Å²) < 4.78 is 6.48. The molecule has 2 atom stereocenters. The molecule has 1 aromatic heterocycles. The van der Waals surface area contributed by atoms with Crippen LogP contribution >= 0.6 is 35.6 Å². The minimum Gasteiger partial charge on any atom is -0.478 e. The number of ether oxygens (including phenoxy) is 1. The number of carboxylic acid groups (broad SMARTS) is 2. The molecule has 1 amide bonds. The number of carbonyl (C=O) groups is 3. The van der Waals surface area contributed by atoms with Crippen molar-refractivity contribution < 1.29 is 29.3 Å². The van der Waals surface area contributed by atoms with Gasteiger partial charge in [0.2, 0.25) is 0 Å². The highest BCUT2D eigenvalue weighted by molar-refractivity contribution is 6.31. The van der Waals surface area contributed by atoms with E-state index >= 15 is 0 Å². The van der Waals surface area contributed by atoms with Crippen molar-refractivity contribution in [2.45, 2.75) is 37.8 Å². The number of hydrogen-bond donors (Lipinski definition) is 6. The van der Waals surface area contributed by atoms with Crippen LogP contribution < -0.4 is 22.9 Å². The number of nitrogens with zero attached hydrogens (tertiary/aromatic N) is 4. The molecule has 48 heavy (non-hydrogen) atoms. The van der Waals surface area contributed by atoms with Crippen LogP contribution in [0.3, 0.4) is 0 Å². The number of rotatable bonds is 9. The van der Waals surface area contributed by atoms with Crippen molar-refractivity contribution in [2.75, 3.05) is 31.7 Å². The Morgan fingerprint density at radius 3 is 2.04 bits per heavy atom. The number of carbonyl (C=O) groups excluding carboxylic acids is 1. The smallest absolute Gasteiger partial charge is 0.328 e. The molecule has 2 aromatic carbocycles. The second-order valence-corrected chi connectivity index (χ2v) is 11.1. The summed E-state index contributed by atoms with van der Waals surface area (Å²) in [4.78, 5) is 43.3. The zero-order chi connectivity index (χ0) is 35.1. The van der Waals surface area contributed by atoms with E-state index in [9.17, 15) is 14.4 Å². The van der Waals surface area contributed by atoms with Gasteiger partial charge in [0.15, 0.2) is 28.4 Å². The van der Waals surface area contributed by atoms with Crippen LogP contribution in [0.2, 0.25) is 10.2 Å². The van der Waals surface area contributed by atoms with E-state index in [4.69, 9.17) is 61.1 Å². The van der Waals surface area contributed by atoms with Gasteiger partial charge in [-0.25, -0.2) is 19.6 Å². The van der Waals surface area contributed by atoms with E-state index in [0.29, 0.717) is 18.2 Å². The number of hydrogen-bond acceptors (Lipinski definition) is 9. The van der Waals surface area contributed by atoms with Crippen LogP contribution in [0.5, 0.6) is 0 Å². The van der Waals surface area contributed by atoms with Crippen molar-refractivity contribution >= 4 is 71.0 Å². The van der Waals surface area contributed by atoms with E-state index in [2.05, 4.69) is 70.2 Å². The molecule has 0 aliphatic carbocycles. The van der Waals surface area contributed by atoms with Crippen LogP contribution in [-0.4, -0.2) is 75.1 Å². The lowest BCUT2D eigenvalue weighted by Crippen LogP contribution is -2.31. The molecule has 17 heteroatoms. The van der Waals surface area contributed by atoms with Crippen LogP contribution in [0.4, 0.5) is 11.6 Å². The maximum absolute atomic E-state index is 11.3. The van der Waals surface area contributed by atoms with Gasteiger partial charge in [0.05, 0.1) is 0 Å². The van der Waals surface area contributed by atoms with E-state index in [1.165, 1.54) is 24.9 Å². The molecule has 0 saturated carbocycles. The molecule has 1 aliphatic heterocycles. The standard InChI is InChI=1S/C21H26ClNO.C6H8ClN7O.C4H4O4.ClH/c1-21(17-7-4-3-5-8-17,18-10-12-19(22)13-11-18)24-16-14-20-9-6-15-23(20)2;7-2-4(9)13-3(8)1(12-2)5(15)14-6(10)11;5-3(6)1-2-4(7)8;/h3-5,7-8,10-13,20H,6,9,14-16H2,1-2H3;(H4,8,9,13)(H4,10,11,14,15);1-2H,(H,5,6)(H,7,8);1H. The molecule has 2 heterocycles. The highest BCUT2D eigenvalue weighted by Gasteiger charge is 2.31. The maximum atomic E-state index is 11.3. The SMILES string of the molecule is CN1CCCC1CCOC(C)(c1ccccc1)c1ccc(Cl)cc1.Cl.NC(N)=NC(=O)c1nc(Cl)c(N)nc1N.O=C(O)C=CC(=O)O. The topological polar surface area (TPSA) is 246 Å². The molecule has 4 rings (SSSR count). The van der Waals surface area contributed by atoms with Crippen molar-refractivity contribution in [3.05, 3.63) is 93.7 Å². The summed E-state index contributed by atoms with van der Waals surface area (Å²) in [6.45, 7) is 4.12. The van der Waals surface area contributed by atoms with Crippen molar-refractivity contribution in [1.82, 2.24) is 14.9 Å². The average Bonchev–Trinajstić information content (AvgIpc) is 3.43. The van der Waals surface area contributed by atoms with Crippen LogP contribution in [0.25, 0.3) is 0 Å². The Balaban J connectivity index is 0.000000411. The summed E-state index contributed by atoms with van der Waals surface area (Å²) in [5.41, 5.74) is 22.3. The number of likely N-dealkylation sites (tertiary alicyclic amines) is 1. The summed E-state index contributed by atoms with van der Waals surface area (Å²) in [7, 11) is 2.22. The van der Waals surface area contributed by atoms with Crippen LogP contribution in [0.15, 0.2) is 71.7 Å². The number of carboxylic acids is 2. The quantitative estimate of drug-likeness (QED) is 0.104. The van der Waals surface area contributed by atoms with Gasteiger partial charge in [-0.1, -0.05) is 65.7 Å². The number of guanidine groups is 1. The van der Waals surface area contributed by atoms with E-state index in [-0.39, 0.29) is 34.9 Å². The third-order valence-corrected chi connectivity index (χ3v) is 7.47. The predicted molar refractivity (Wildman–Crippen MR) is 188 cm³/mol. The summed E-state index contributed by atoms with van der Waals surface area (Å²) in [5, 5.41) is 16.2. The molecule has 10 N–H and O–H groups in total. The van der Waals surface area contributed by atoms with Crippen molar-refractivity contribution in [3.8, 4) is 0 Å². The largest absolute Gasteiger partial charge is 0.478 e. The Hall–Kier alpha value is -4.47. The zero-order valence-electron chi connectivity index (χ0n) is 26.3. The molecule has 3 aromatic rings. The van der Waals surface area contributed by atoms with E-state index in [0.717, 1.165) is 23.6 Å². The third-order valence-electron chi connectivity index (χ3n) is 6.94. The van der Waals surface area contributed by atoms with Crippen LogP contribution in [0.1, 0.15) is 47.8 Å². The zero-order valence-corrected chi connectivity index (χ0v) is 28.6. The molecular formula is C31H39Cl3N8O6. The van der Waals surface area contributed by atoms with Gasteiger partial charge >= 0.3 is 17.8 Å². The summed E-state index contributed by atoms with van der Waals surface area (Å²) >= 11 is 11.6. The molecule has 0 spiro atoms. The molecule has 0 bridgehead atoms. The number of aromatic nitrogens is 2. The van der Waals surface area contributed by atoms with Gasteiger partial charge in [0.25, 0.3) is 0 Å². The number of amides is 1. The first kappa shape index (κ1) is 41.6. The second-order valence-electron chi connectivity index (χ2n) is 10.3. The van der Waals surface area contributed by atoms with Gasteiger partial charge in [0, 0.05) is 29.8 Å². The average molecular weight is 726 g/mol. The second kappa shape index (κ2) is 20.0. The number of nitrogen functional groups attached to an aromatic ring is 2. The molecule has 0 radical (unpaired) electrons. The summed E-state index contributed by atoms with van der Waals surface area (Å²) in [5.74, 6) is -4.02. The van der Waals surface area contributed by atoms with Crippen molar-refractivity contribution in [3.63, 3.8) is 0 Å². The Kier molecular flexibility index (Phi) is 17.3. The molecule has 2 unspecified atom stereocenters. The fraction of sp³-hybridized carbons (Fsp3) is 0.290. The van der Waals surface area contributed by atoms with Gasteiger partial charge < -0.3 is 42.8 Å². The van der Waals surface area contributed by atoms with Crippen molar-refractivity contribution in [1.29, 1.82) is 0 Å². The number of aliphatic carboxylic acids is 2. The highest BCUT2D eigenvalue weighted by Crippen LogP contribution is 2.34. The first-order valence-corrected chi connectivity index (χ1v) is 14.9. The first-order chi connectivity index (χ1) is 22.1. The third kappa shape index (κ3) is 13.3. The maximum Gasteiger partial charge on any atom is 0.328 e. The number of anilines is 2. The number of nitrogens with two attached hydrogens (primary N) is 4. The number of aliphatic imine (C=N–C) groups is 1. The minimum absolute atomic E-state index is 0. The summed E-state index contributed by atoms with van der Waals surface area (Å²) in [6, 6.07) is 19.1. The Labute approximate surface area is 294 Å². The van der Waals surface area contributed by atoms with Gasteiger partial charge in [-0.15, -0.1) is 12.4 Å². The lowest BCUT2D eigenvalue weighted by atomic mass is 9.88. The Morgan fingerprint density at radius 1 is 0.979 bits per heavy atom. The lowest BCUT2D eigenvalue weighted by molar-refractivity contribution is -0.134. The molecule has 1 fully saturated rings. The van der Waals surface area contributed by atoms with Gasteiger partial charge in [0.1, 0.15) is 5.60 Å². The first-order valence-electron chi connectivity index (χ1n) is 14.2. The summed E-state index contributed by atoms with van der Waals surface area (Å²) in [6.07, 6.45) is 4.77. The van der Waals surface area contributed by atoms with Crippen molar-refractivity contribution in [2.24, 2.45) is 16.5 Å². The Bertz CT molecular complexity index is 1560. The minimum atomic E-state index is -1.26. The normalized spacial score (nSPS) is 15.0. The fourth-order valence-corrected chi connectivity index (χ4v) is 4.77. The van der Waals surface area contributed by atoms with Gasteiger partial charge in [-0.2, -0.15) is 4.99 Å². The lowest BCUT2D eigenvalue weighted by Gasteiger charge is -2.32. The highest BCUT2D eigenvalue weighted by atomic mass is 35.5. The molecular weight excluding hydrogens is 687 g/mol. The van der Waals surface area contributed by atoms with Crippen LogP contribution in [-0.2, 0) is 19.9 Å². The van der Waals surface area contributed by atoms with E-state index < -0.39 is 29.4 Å². The molecule has 1 saturated heterocycles. The monoisotopic (exact) mass is 724 g/mol. The molecule has 1 aliphatic rings. The van der Waals surface area contributed by atoms with Gasteiger partial charge in [-0.3, -0.25) is 4.79 Å². The molecule has 260 valence electrons. The van der Waals surface area contributed by atoms with Gasteiger partial charge in [-0.05, 0) is 63.0 Å². The number of halogens is 3. The number of benzene rings is 2. The van der Waals surface area contributed by atoms with Crippen LogP contribution in [0, 0.1) is 0 Å². The predicted octanol–water partition coefficient (Wildman–Crippen LogP) is 3.95. The molecule has 14 nitrogen and oxygen atoms in total. The van der Waals surface area contributed by atoms with E-state index in [1.807, 2.05) is 18.2 Å². The Morgan fingerprint density at radius 2 is 1.54 bits per heavy atom. The van der Waals surface area contributed by atoms with E-state index in [1.54, 1.807) is 0 Å². The fourth-order valence-electron chi connectivity index (χ4n) is 4.51.